The van der Waals surface area contributed by atoms with Crippen molar-refractivity contribution in [1.29, 1.82) is 0 Å². The lowest BCUT2D eigenvalue weighted by Crippen LogP contribution is -2.45. The molecular formula is C22H24N4O6. The van der Waals surface area contributed by atoms with Gasteiger partial charge in [-0.1, -0.05) is 44.2 Å². The summed E-state index contributed by atoms with van der Waals surface area (Å²) in [4.78, 5) is 50.2. The first kappa shape index (κ1) is 22.7. The van der Waals surface area contributed by atoms with Gasteiger partial charge in [0.05, 0.1) is 18.1 Å². The van der Waals surface area contributed by atoms with Crippen LogP contribution >= 0.6 is 0 Å². The standard InChI is InChI=1S/C22H24N4O6/c1-14(2)12-22(15-7-5-4-6-8-15)20(28)25(21(29)24-22)13-19(27)23-17-10-9-16(32-3)11-18(17)26(30)31/h4-11,14H,12-13H2,1-3H3,(H,23,27)(H,24,29)/t22-/m1/s1. The molecule has 3 rings (SSSR count). The molecule has 2 aromatic rings. The third-order valence-electron chi connectivity index (χ3n) is 5.13. The van der Waals surface area contributed by atoms with Crippen molar-refractivity contribution in [2.75, 3.05) is 19.0 Å². The number of hydrogen-bond acceptors (Lipinski definition) is 6. The molecule has 0 radical (unpaired) electrons. The van der Waals surface area contributed by atoms with Crippen molar-refractivity contribution in [2.45, 2.75) is 25.8 Å². The minimum atomic E-state index is -1.28. The number of imide groups is 1. The van der Waals surface area contributed by atoms with Gasteiger partial charge in [0.15, 0.2) is 0 Å². The van der Waals surface area contributed by atoms with Crippen LogP contribution in [-0.2, 0) is 15.1 Å². The Hall–Kier alpha value is -3.95. The number of nitrogens with one attached hydrogen (secondary N) is 2. The van der Waals surface area contributed by atoms with Gasteiger partial charge in [0.25, 0.3) is 11.6 Å². The molecule has 10 heteroatoms. The van der Waals surface area contributed by atoms with Gasteiger partial charge in [0.1, 0.15) is 23.5 Å². The van der Waals surface area contributed by atoms with E-state index in [0.717, 1.165) is 4.90 Å². The SMILES string of the molecule is COc1ccc(NC(=O)CN2C(=O)N[C@](CC(C)C)(c3ccccc3)C2=O)c([N+](=O)[O-])c1. The summed E-state index contributed by atoms with van der Waals surface area (Å²) in [5.74, 6) is -0.947. The van der Waals surface area contributed by atoms with E-state index in [9.17, 15) is 24.5 Å². The molecule has 4 amide bonds. The number of carbonyl (C=O) groups is 3. The molecule has 1 atom stereocenters. The summed E-state index contributed by atoms with van der Waals surface area (Å²) in [5.41, 5.74) is -1.09. The maximum absolute atomic E-state index is 13.4. The van der Waals surface area contributed by atoms with Gasteiger partial charge in [-0.05, 0) is 30.0 Å². The van der Waals surface area contributed by atoms with E-state index in [2.05, 4.69) is 10.6 Å². The van der Waals surface area contributed by atoms with Crippen molar-refractivity contribution >= 4 is 29.2 Å². The van der Waals surface area contributed by atoms with Gasteiger partial charge in [-0.3, -0.25) is 24.6 Å². The van der Waals surface area contributed by atoms with Crippen molar-refractivity contribution in [3.05, 3.63) is 64.2 Å². The van der Waals surface area contributed by atoms with E-state index in [0.29, 0.717) is 12.0 Å². The zero-order valence-electron chi connectivity index (χ0n) is 18.0. The average molecular weight is 440 g/mol. The Morgan fingerprint density at radius 2 is 1.91 bits per heavy atom. The van der Waals surface area contributed by atoms with Gasteiger partial charge >= 0.3 is 6.03 Å². The van der Waals surface area contributed by atoms with Crippen LogP contribution in [0.1, 0.15) is 25.8 Å². The summed E-state index contributed by atoms with van der Waals surface area (Å²) in [6.07, 6.45) is 0.351. The fourth-order valence-corrected chi connectivity index (χ4v) is 3.79. The highest BCUT2D eigenvalue weighted by Gasteiger charge is 2.52. The number of methoxy groups -OCH3 is 1. The number of ether oxygens (including phenoxy) is 1. The lowest BCUT2D eigenvalue weighted by Gasteiger charge is -2.29. The third kappa shape index (κ3) is 4.39. The fourth-order valence-electron chi connectivity index (χ4n) is 3.79. The van der Waals surface area contributed by atoms with Crippen LogP contribution in [0.2, 0.25) is 0 Å². The molecule has 32 heavy (non-hydrogen) atoms. The van der Waals surface area contributed by atoms with Gasteiger partial charge < -0.3 is 15.4 Å². The van der Waals surface area contributed by atoms with E-state index in [1.807, 2.05) is 13.8 Å². The molecule has 0 saturated carbocycles. The van der Waals surface area contributed by atoms with E-state index in [-0.39, 0.29) is 23.0 Å². The van der Waals surface area contributed by atoms with Crippen molar-refractivity contribution in [1.82, 2.24) is 10.2 Å². The van der Waals surface area contributed by atoms with Crippen molar-refractivity contribution in [3.8, 4) is 5.75 Å². The quantitative estimate of drug-likeness (QED) is 0.369. The molecule has 1 aliphatic rings. The molecule has 1 fully saturated rings. The Bertz CT molecular complexity index is 1060. The highest BCUT2D eigenvalue weighted by atomic mass is 16.6. The molecule has 168 valence electrons. The fraction of sp³-hybridized carbons (Fsp3) is 0.318. The molecule has 10 nitrogen and oxygen atoms in total. The highest BCUT2D eigenvalue weighted by molar-refractivity contribution is 6.10. The number of benzene rings is 2. The van der Waals surface area contributed by atoms with Crippen LogP contribution < -0.4 is 15.4 Å². The Kier molecular flexibility index (Phi) is 6.42. The van der Waals surface area contributed by atoms with E-state index in [1.165, 1.54) is 25.3 Å². The minimum absolute atomic E-state index is 0.0654. The zero-order chi connectivity index (χ0) is 23.5. The van der Waals surface area contributed by atoms with Gasteiger partial charge in [0.2, 0.25) is 5.91 Å². The van der Waals surface area contributed by atoms with Crippen LogP contribution in [-0.4, -0.2) is 41.3 Å². The molecule has 0 aromatic heterocycles. The van der Waals surface area contributed by atoms with Gasteiger partial charge in [-0.2, -0.15) is 0 Å². The molecule has 1 aliphatic heterocycles. The smallest absolute Gasteiger partial charge is 0.325 e. The summed E-state index contributed by atoms with van der Waals surface area (Å²) < 4.78 is 4.97. The molecule has 1 saturated heterocycles. The summed E-state index contributed by atoms with van der Waals surface area (Å²) in [6, 6.07) is 12.1. The first-order valence-corrected chi connectivity index (χ1v) is 10.00. The van der Waals surface area contributed by atoms with Crippen LogP contribution in [0.3, 0.4) is 0 Å². The second-order valence-electron chi connectivity index (χ2n) is 7.88. The third-order valence-corrected chi connectivity index (χ3v) is 5.13. The largest absolute Gasteiger partial charge is 0.496 e. The topological polar surface area (TPSA) is 131 Å². The maximum atomic E-state index is 13.4. The first-order chi connectivity index (χ1) is 15.2. The highest BCUT2D eigenvalue weighted by Crippen LogP contribution is 2.35. The number of nitro groups is 1. The van der Waals surface area contributed by atoms with E-state index >= 15 is 0 Å². The molecular weight excluding hydrogens is 416 g/mol. The normalized spacial score (nSPS) is 17.9. The number of amides is 4. The molecule has 1 heterocycles. The number of carbonyl (C=O) groups excluding carboxylic acids is 3. The van der Waals surface area contributed by atoms with Gasteiger partial charge in [-0.15, -0.1) is 0 Å². The van der Waals surface area contributed by atoms with Crippen molar-refractivity contribution < 1.29 is 24.0 Å². The van der Waals surface area contributed by atoms with Crippen LogP contribution in [0.25, 0.3) is 0 Å². The summed E-state index contributed by atoms with van der Waals surface area (Å²) in [7, 11) is 1.37. The molecule has 2 N–H and O–H groups in total. The van der Waals surface area contributed by atoms with Crippen LogP contribution in [0.4, 0.5) is 16.2 Å². The number of nitro benzene ring substituents is 1. The van der Waals surface area contributed by atoms with E-state index in [1.54, 1.807) is 30.3 Å². The summed E-state index contributed by atoms with van der Waals surface area (Å²) in [5, 5.41) is 16.5. The predicted octanol–water partition coefficient (Wildman–Crippen LogP) is 3.04. The van der Waals surface area contributed by atoms with Crippen LogP contribution in [0, 0.1) is 16.0 Å². The predicted molar refractivity (Wildman–Crippen MR) is 116 cm³/mol. The Morgan fingerprint density at radius 3 is 2.50 bits per heavy atom. The van der Waals surface area contributed by atoms with Gasteiger partial charge in [-0.25, -0.2) is 4.79 Å². The lowest BCUT2D eigenvalue weighted by molar-refractivity contribution is -0.384. The number of anilines is 1. The Balaban J connectivity index is 1.84. The van der Waals surface area contributed by atoms with Crippen molar-refractivity contribution in [2.24, 2.45) is 5.92 Å². The number of rotatable bonds is 8. The molecule has 0 bridgehead atoms. The van der Waals surface area contributed by atoms with Crippen molar-refractivity contribution in [3.63, 3.8) is 0 Å². The summed E-state index contributed by atoms with van der Waals surface area (Å²) in [6.45, 7) is 3.28. The second-order valence-corrected chi connectivity index (χ2v) is 7.88. The molecule has 2 aromatic carbocycles. The molecule has 0 spiro atoms. The number of nitrogens with zero attached hydrogens (tertiary/aromatic N) is 2. The van der Waals surface area contributed by atoms with Crippen LogP contribution in [0.5, 0.6) is 5.75 Å². The molecule has 0 unspecified atom stereocenters. The maximum Gasteiger partial charge on any atom is 0.325 e. The Morgan fingerprint density at radius 1 is 1.22 bits per heavy atom. The minimum Gasteiger partial charge on any atom is -0.496 e. The molecule has 0 aliphatic carbocycles. The average Bonchev–Trinajstić information content (AvgIpc) is 2.98. The Labute approximate surface area is 184 Å². The lowest BCUT2D eigenvalue weighted by atomic mass is 9.82. The number of urea groups is 1. The zero-order valence-corrected chi connectivity index (χ0v) is 18.0. The first-order valence-electron chi connectivity index (χ1n) is 10.00. The summed E-state index contributed by atoms with van der Waals surface area (Å²) >= 11 is 0. The van der Waals surface area contributed by atoms with E-state index in [4.69, 9.17) is 4.74 Å². The van der Waals surface area contributed by atoms with Crippen LogP contribution in [0.15, 0.2) is 48.5 Å². The monoisotopic (exact) mass is 440 g/mol. The van der Waals surface area contributed by atoms with E-state index < -0.39 is 34.9 Å². The second kappa shape index (κ2) is 9.04. The van der Waals surface area contributed by atoms with Gasteiger partial charge in [0, 0.05) is 0 Å². The number of hydrogen-bond donors (Lipinski definition) is 2.